The van der Waals surface area contributed by atoms with Crippen molar-refractivity contribution in [3.63, 3.8) is 0 Å². The molecule has 1 aliphatic heterocycles. The SMILES string of the molecule is CCc1noc(C(C)N2CCCC(n3ncc(N(C)CCOC)cc3=O)C2)n1. The molecule has 0 radical (unpaired) electrons. The minimum atomic E-state index is -0.0765. The number of likely N-dealkylation sites (N-methyl/N-ethyl adjacent to an activating group) is 1. The molecular weight excluding hydrogens is 360 g/mol. The molecule has 28 heavy (non-hydrogen) atoms. The number of methoxy groups -OCH3 is 1. The fourth-order valence-electron chi connectivity index (χ4n) is 3.52. The van der Waals surface area contributed by atoms with E-state index in [0.717, 1.165) is 43.9 Å². The van der Waals surface area contributed by atoms with Gasteiger partial charge >= 0.3 is 0 Å². The zero-order chi connectivity index (χ0) is 20.1. The molecule has 2 aromatic rings. The van der Waals surface area contributed by atoms with Gasteiger partial charge in [-0.05, 0) is 26.3 Å². The van der Waals surface area contributed by atoms with Crippen molar-refractivity contribution < 1.29 is 9.26 Å². The highest BCUT2D eigenvalue weighted by Crippen LogP contribution is 2.27. The van der Waals surface area contributed by atoms with Gasteiger partial charge < -0.3 is 14.2 Å². The van der Waals surface area contributed by atoms with Crippen molar-refractivity contribution in [3.8, 4) is 0 Å². The molecule has 3 heterocycles. The zero-order valence-electron chi connectivity index (χ0n) is 17.2. The van der Waals surface area contributed by atoms with Crippen LogP contribution in [-0.4, -0.2) is 65.2 Å². The smallest absolute Gasteiger partial charge is 0.269 e. The molecule has 2 unspecified atom stereocenters. The average Bonchev–Trinajstić information content (AvgIpc) is 3.20. The largest absolute Gasteiger partial charge is 0.383 e. The number of likely N-dealkylation sites (tertiary alicyclic amines) is 1. The molecule has 0 N–H and O–H groups in total. The van der Waals surface area contributed by atoms with Crippen LogP contribution in [0.3, 0.4) is 0 Å². The number of aromatic nitrogens is 4. The Kier molecular flexibility index (Phi) is 6.79. The van der Waals surface area contributed by atoms with E-state index < -0.39 is 0 Å². The first-order valence-corrected chi connectivity index (χ1v) is 9.89. The van der Waals surface area contributed by atoms with Crippen LogP contribution in [0.25, 0.3) is 0 Å². The standard InChI is InChI=1S/C19H30N6O3/c1-5-17-21-19(28-22-17)14(2)24-8-6-7-15(13-24)25-18(26)11-16(12-20-25)23(3)9-10-27-4/h11-12,14-15H,5-10,13H2,1-4H3. The van der Waals surface area contributed by atoms with Gasteiger partial charge in [0.05, 0.1) is 30.6 Å². The number of hydrogen-bond acceptors (Lipinski definition) is 8. The Labute approximate surface area is 165 Å². The van der Waals surface area contributed by atoms with E-state index >= 15 is 0 Å². The number of nitrogens with zero attached hydrogens (tertiary/aromatic N) is 6. The van der Waals surface area contributed by atoms with E-state index in [1.54, 1.807) is 24.1 Å². The predicted octanol–water partition coefficient (Wildman–Crippen LogP) is 1.67. The first kappa shape index (κ1) is 20.5. The lowest BCUT2D eigenvalue weighted by Crippen LogP contribution is -2.42. The molecular formula is C19H30N6O3. The Morgan fingerprint density at radius 2 is 2.29 bits per heavy atom. The molecule has 0 saturated carbocycles. The van der Waals surface area contributed by atoms with E-state index in [0.29, 0.717) is 19.0 Å². The summed E-state index contributed by atoms with van der Waals surface area (Å²) in [6.07, 6.45) is 4.43. The van der Waals surface area contributed by atoms with Crippen molar-refractivity contribution in [2.24, 2.45) is 0 Å². The van der Waals surface area contributed by atoms with Gasteiger partial charge in [0.1, 0.15) is 0 Å². The van der Waals surface area contributed by atoms with Crippen LogP contribution < -0.4 is 10.5 Å². The van der Waals surface area contributed by atoms with Crippen LogP contribution in [0.4, 0.5) is 5.69 Å². The number of anilines is 1. The summed E-state index contributed by atoms with van der Waals surface area (Å²) < 4.78 is 12.1. The van der Waals surface area contributed by atoms with Crippen molar-refractivity contribution in [2.75, 3.05) is 45.3 Å². The van der Waals surface area contributed by atoms with Crippen LogP contribution in [0, 0.1) is 0 Å². The second-order valence-electron chi connectivity index (χ2n) is 7.28. The van der Waals surface area contributed by atoms with Crippen molar-refractivity contribution >= 4 is 5.69 Å². The third kappa shape index (κ3) is 4.59. The van der Waals surface area contributed by atoms with Crippen molar-refractivity contribution in [2.45, 2.75) is 45.2 Å². The van der Waals surface area contributed by atoms with Crippen LogP contribution in [0.2, 0.25) is 0 Å². The molecule has 0 spiro atoms. The maximum atomic E-state index is 12.7. The molecule has 1 aliphatic rings. The van der Waals surface area contributed by atoms with Gasteiger partial charge in [-0.25, -0.2) is 4.68 Å². The molecule has 0 aliphatic carbocycles. The summed E-state index contributed by atoms with van der Waals surface area (Å²) >= 11 is 0. The lowest BCUT2D eigenvalue weighted by molar-refractivity contribution is 0.108. The minimum absolute atomic E-state index is 0.0192. The number of piperidine rings is 1. The van der Waals surface area contributed by atoms with Crippen molar-refractivity contribution in [3.05, 3.63) is 34.3 Å². The third-order valence-electron chi connectivity index (χ3n) is 5.36. The summed E-state index contributed by atoms with van der Waals surface area (Å²) in [5.41, 5.74) is 0.726. The first-order valence-electron chi connectivity index (χ1n) is 9.89. The van der Waals surface area contributed by atoms with E-state index in [9.17, 15) is 4.79 Å². The Morgan fingerprint density at radius 1 is 1.46 bits per heavy atom. The summed E-state index contributed by atoms with van der Waals surface area (Å²) in [5.74, 6) is 1.36. The maximum absolute atomic E-state index is 12.7. The van der Waals surface area contributed by atoms with Crippen LogP contribution >= 0.6 is 0 Å². The quantitative estimate of drug-likeness (QED) is 0.672. The summed E-state index contributed by atoms with van der Waals surface area (Å²) in [5, 5.41) is 8.45. The fourth-order valence-corrected chi connectivity index (χ4v) is 3.52. The lowest BCUT2D eigenvalue weighted by atomic mass is 10.0. The van der Waals surface area contributed by atoms with Crippen LogP contribution in [0.15, 0.2) is 21.6 Å². The third-order valence-corrected chi connectivity index (χ3v) is 5.36. The van der Waals surface area contributed by atoms with Gasteiger partial charge in [-0.1, -0.05) is 12.1 Å². The number of ether oxygens (including phenoxy) is 1. The van der Waals surface area contributed by atoms with Gasteiger partial charge in [0.25, 0.3) is 5.56 Å². The molecule has 2 aromatic heterocycles. The summed E-state index contributed by atoms with van der Waals surface area (Å²) in [7, 11) is 3.59. The van der Waals surface area contributed by atoms with Gasteiger partial charge in [0, 0.05) is 39.7 Å². The van der Waals surface area contributed by atoms with E-state index in [2.05, 4.69) is 27.1 Å². The molecule has 9 heteroatoms. The van der Waals surface area contributed by atoms with E-state index in [4.69, 9.17) is 9.26 Å². The fraction of sp³-hybridized carbons (Fsp3) is 0.684. The van der Waals surface area contributed by atoms with Gasteiger partial charge in [0.2, 0.25) is 5.89 Å². The second-order valence-corrected chi connectivity index (χ2v) is 7.28. The van der Waals surface area contributed by atoms with E-state index in [-0.39, 0.29) is 17.6 Å². The lowest BCUT2D eigenvalue weighted by Gasteiger charge is -2.35. The Bertz CT molecular complexity index is 820. The Hall–Kier alpha value is -2.26. The highest BCUT2D eigenvalue weighted by molar-refractivity contribution is 5.41. The summed E-state index contributed by atoms with van der Waals surface area (Å²) in [6.45, 7) is 7.06. The van der Waals surface area contributed by atoms with Gasteiger partial charge in [-0.15, -0.1) is 0 Å². The molecule has 9 nitrogen and oxygen atoms in total. The number of rotatable bonds is 8. The molecule has 0 bridgehead atoms. The van der Waals surface area contributed by atoms with Crippen molar-refractivity contribution in [1.82, 2.24) is 24.8 Å². The van der Waals surface area contributed by atoms with Gasteiger partial charge in [0.15, 0.2) is 5.82 Å². The topological polar surface area (TPSA) is 89.5 Å². The first-order chi connectivity index (χ1) is 13.5. The van der Waals surface area contributed by atoms with E-state index in [1.807, 2.05) is 18.9 Å². The zero-order valence-corrected chi connectivity index (χ0v) is 17.2. The molecule has 154 valence electrons. The Balaban J connectivity index is 1.70. The minimum Gasteiger partial charge on any atom is -0.383 e. The van der Waals surface area contributed by atoms with Crippen molar-refractivity contribution in [1.29, 1.82) is 0 Å². The molecule has 2 atom stereocenters. The van der Waals surface area contributed by atoms with E-state index in [1.165, 1.54) is 0 Å². The number of aryl methyl sites for hydroxylation is 1. The molecule has 0 aromatic carbocycles. The summed E-state index contributed by atoms with van der Waals surface area (Å²) in [6, 6.07) is 1.71. The maximum Gasteiger partial charge on any atom is 0.269 e. The van der Waals surface area contributed by atoms with Crippen LogP contribution in [0.5, 0.6) is 0 Å². The van der Waals surface area contributed by atoms with Gasteiger partial charge in [-0.2, -0.15) is 10.1 Å². The molecule has 3 rings (SSSR count). The molecule has 0 amide bonds. The normalized spacial score (nSPS) is 18.9. The van der Waals surface area contributed by atoms with Crippen LogP contribution in [-0.2, 0) is 11.2 Å². The highest BCUT2D eigenvalue weighted by atomic mass is 16.5. The van der Waals surface area contributed by atoms with Gasteiger partial charge in [-0.3, -0.25) is 9.69 Å². The average molecular weight is 390 g/mol. The van der Waals surface area contributed by atoms with Crippen LogP contribution in [0.1, 0.15) is 50.5 Å². The summed E-state index contributed by atoms with van der Waals surface area (Å²) in [4.78, 5) is 21.4. The second kappa shape index (κ2) is 9.29. The molecule has 1 saturated heterocycles. The monoisotopic (exact) mass is 390 g/mol. The number of hydrogen-bond donors (Lipinski definition) is 0. The predicted molar refractivity (Wildman–Crippen MR) is 106 cm³/mol. The molecule has 1 fully saturated rings. The highest BCUT2D eigenvalue weighted by Gasteiger charge is 2.29. The Morgan fingerprint density at radius 3 is 2.96 bits per heavy atom.